The number of rotatable bonds is 5. The largest absolute Gasteiger partial charge is 0.366 e. The zero-order valence-electron chi connectivity index (χ0n) is 17.4. The van der Waals surface area contributed by atoms with Crippen molar-refractivity contribution in [2.45, 2.75) is 52.7 Å². The fraction of sp³-hybridized carbons (Fsp3) is 0.550. The predicted octanol–water partition coefficient (Wildman–Crippen LogP) is 2.20. The van der Waals surface area contributed by atoms with Gasteiger partial charge in [0.2, 0.25) is 11.8 Å². The van der Waals surface area contributed by atoms with Crippen molar-refractivity contribution < 1.29 is 9.59 Å². The molecule has 0 radical (unpaired) electrons. The lowest BCUT2D eigenvalue weighted by Gasteiger charge is -2.49. The Morgan fingerprint density at radius 3 is 2.57 bits per heavy atom. The van der Waals surface area contributed by atoms with Crippen LogP contribution < -0.4 is 11.1 Å². The highest BCUT2D eigenvalue weighted by molar-refractivity contribution is 14.0. The second-order valence-electron chi connectivity index (χ2n) is 7.76. The smallest absolute Gasteiger partial charge is 0.248 e. The number of nitrogens with two attached hydrogens (primary N) is 1. The minimum atomic E-state index is -0.454. The third kappa shape index (κ3) is 5.83. The van der Waals surface area contributed by atoms with Crippen LogP contribution in [0.5, 0.6) is 0 Å². The highest BCUT2D eigenvalue weighted by atomic mass is 127. The molecule has 0 spiro atoms. The molecule has 0 aromatic heterocycles. The van der Waals surface area contributed by atoms with E-state index in [1.807, 2.05) is 36.6 Å². The van der Waals surface area contributed by atoms with Crippen molar-refractivity contribution >= 4 is 41.8 Å². The number of guanidine groups is 1. The molecule has 3 N–H and O–H groups in total. The highest BCUT2D eigenvalue weighted by Gasteiger charge is 2.40. The zero-order chi connectivity index (χ0) is 20.2. The molecular weight excluding hydrogens is 469 g/mol. The summed E-state index contributed by atoms with van der Waals surface area (Å²) in [4.78, 5) is 32.7. The summed E-state index contributed by atoms with van der Waals surface area (Å²) in [6.07, 6.45) is 0. The Morgan fingerprint density at radius 1 is 1.36 bits per heavy atom. The molecule has 0 atom stereocenters. The van der Waals surface area contributed by atoms with Gasteiger partial charge in [-0.25, -0.2) is 4.99 Å². The first-order chi connectivity index (χ1) is 12.7. The fourth-order valence-corrected chi connectivity index (χ4v) is 3.73. The lowest BCUT2D eigenvalue weighted by molar-refractivity contribution is -0.145. The number of halogens is 1. The predicted molar refractivity (Wildman–Crippen MR) is 123 cm³/mol. The number of nitrogens with zero attached hydrogens (tertiary/aromatic N) is 3. The van der Waals surface area contributed by atoms with E-state index in [1.54, 1.807) is 18.2 Å². The van der Waals surface area contributed by atoms with E-state index in [9.17, 15) is 9.59 Å². The van der Waals surface area contributed by atoms with Crippen molar-refractivity contribution in [3.05, 3.63) is 35.4 Å². The van der Waals surface area contributed by atoms with Gasteiger partial charge in [0.15, 0.2) is 5.96 Å². The molecule has 1 fully saturated rings. The van der Waals surface area contributed by atoms with Crippen LogP contribution in [-0.2, 0) is 11.3 Å². The molecule has 1 saturated heterocycles. The van der Waals surface area contributed by atoms with E-state index >= 15 is 0 Å². The molecule has 0 saturated carbocycles. The first-order valence-corrected chi connectivity index (χ1v) is 9.40. The summed E-state index contributed by atoms with van der Waals surface area (Å²) in [5.41, 5.74) is 6.43. The third-order valence-corrected chi connectivity index (χ3v) is 4.60. The van der Waals surface area contributed by atoms with Gasteiger partial charge in [-0.05, 0) is 52.3 Å². The second-order valence-corrected chi connectivity index (χ2v) is 7.76. The molecule has 0 aliphatic carbocycles. The first kappa shape index (κ1) is 24.2. The van der Waals surface area contributed by atoms with Crippen LogP contribution in [0.3, 0.4) is 0 Å². The molecule has 2 amide bonds. The topological polar surface area (TPSA) is 91.0 Å². The van der Waals surface area contributed by atoms with Crippen molar-refractivity contribution in [3.63, 3.8) is 0 Å². The van der Waals surface area contributed by atoms with Gasteiger partial charge in [-0.1, -0.05) is 12.1 Å². The van der Waals surface area contributed by atoms with Crippen molar-refractivity contribution in [1.82, 2.24) is 15.1 Å². The maximum atomic E-state index is 12.7. The van der Waals surface area contributed by atoms with Crippen LogP contribution in [0, 0.1) is 0 Å². The van der Waals surface area contributed by atoms with Crippen LogP contribution in [0.15, 0.2) is 29.3 Å². The number of primary amides is 1. The van der Waals surface area contributed by atoms with E-state index in [2.05, 4.69) is 24.2 Å². The van der Waals surface area contributed by atoms with Gasteiger partial charge in [-0.3, -0.25) is 9.59 Å². The van der Waals surface area contributed by atoms with Gasteiger partial charge in [0.1, 0.15) is 0 Å². The Hall–Kier alpha value is -1.84. The third-order valence-electron chi connectivity index (χ3n) is 4.60. The number of amides is 2. The van der Waals surface area contributed by atoms with Gasteiger partial charge in [0.25, 0.3) is 0 Å². The quantitative estimate of drug-likeness (QED) is 0.368. The van der Waals surface area contributed by atoms with E-state index in [-0.39, 0.29) is 41.5 Å². The monoisotopic (exact) mass is 501 g/mol. The summed E-state index contributed by atoms with van der Waals surface area (Å²) in [7, 11) is 0. The van der Waals surface area contributed by atoms with Crippen LogP contribution in [0.4, 0.5) is 0 Å². The van der Waals surface area contributed by atoms with Crippen LogP contribution in [0.2, 0.25) is 0 Å². The SMILES string of the molecule is CCNC(=NCc1cccc(C(N)=O)c1)N1CC(=O)N(C(C)C)C(C)(C)C1.I. The van der Waals surface area contributed by atoms with Gasteiger partial charge in [-0.2, -0.15) is 0 Å². The second kappa shape index (κ2) is 10.1. The summed E-state index contributed by atoms with van der Waals surface area (Å²) < 4.78 is 0. The summed E-state index contributed by atoms with van der Waals surface area (Å²) >= 11 is 0. The van der Waals surface area contributed by atoms with Crippen LogP contribution in [0.25, 0.3) is 0 Å². The van der Waals surface area contributed by atoms with Gasteiger partial charge in [-0.15, -0.1) is 24.0 Å². The zero-order valence-corrected chi connectivity index (χ0v) is 19.7. The van der Waals surface area contributed by atoms with Gasteiger partial charge < -0.3 is 20.9 Å². The van der Waals surface area contributed by atoms with E-state index in [1.165, 1.54) is 0 Å². The number of hydrogen-bond acceptors (Lipinski definition) is 3. The van der Waals surface area contributed by atoms with E-state index in [4.69, 9.17) is 5.73 Å². The minimum absolute atomic E-state index is 0. The van der Waals surface area contributed by atoms with Gasteiger partial charge in [0.05, 0.1) is 18.6 Å². The summed E-state index contributed by atoms with van der Waals surface area (Å²) in [5, 5.41) is 3.28. The Kier molecular flexibility index (Phi) is 8.72. The molecule has 156 valence electrons. The highest BCUT2D eigenvalue weighted by Crippen LogP contribution is 2.24. The average molecular weight is 501 g/mol. The van der Waals surface area contributed by atoms with Gasteiger partial charge in [0, 0.05) is 24.7 Å². The molecule has 8 heteroatoms. The molecule has 7 nitrogen and oxygen atoms in total. The Balaban J connectivity index is 0.00000392. The number of piperazine rings is 1. The number of carbonyl (C=O) groups is 2. The lowest BCUT2D eigenvalue weighted by atomic mass is 9.96. The fourth-order valence-electron chi connectivity index (χ4n) is 3.73. The Morgan fingerprint density at radius 2 is 2.04 bits per heavy atom. The van der Waals surface area contributed by atoms with Crippen molar-refractivity contribution in [2.75, 3.05) is 19.6 Å². The Bertz CT molecular complexity index is 733. The normalized spacial score (nSPS) is 16.8. The van der Waals surface area contributed by atoms with Crippen molar-refractivity contribution in [1.29, 1.82) is 0 Å². The summed E-state index contributed by atoms with van der Waals surface area (Å²) in [5.74, 6) is 0.347. The maximum absolute atomic E-state index is 12.7. The molecule has 1 heterocycles. The molecule has 1 aliphatic rings. The molecule has 1 aliphatic heterocycles. The first-order valence-electron chi connectivity index (χ1n) is 9.40. The molecular formula is C20H32IN5O2. The van der Waals surface area contributed by atoms with E-state index in [0.29, 0.717) is 37.7 Å². The van der Waals surface area contributed by atoms with Crippen molar-refractivity contribution in [2.24, 2.45) is 10.7 Å². The number of benzene rings is 1. The maximum Gasteiger partial charge on any atom is 0.248 e. The average Bonchev–Trinajstić information content (AvgIpc) is 2.56. The minimum Gasteiger partial charge on any atom is -0.366 e. The summed E-state index contributed by atoms with van der Waals surface area (Å²) in [6, 6.07) is 7.30. The summed E-state index contributed by atoms with van der Waals surface area (Å²) in [6.45, 7) is 12.4. The van der Waals surface area contributed by atoms with Crippen molar-refractivity contribution in [3.8, 4) is 0 Å². The standard InChI is InChI=1S/C20H31N5O2.HI/c1-6-22-19(23-11-15-8-7-9-16(10-15)18(21)27)24-12-17(26)25(14(2)3)20(4,5)13-24;/h7-10,14H,6,11-13H2,1-5H3,(H2,21,27)(H,22,23);1H. The van der Waals surface area contributed by atoms with Crippen LogP contribution >= 0.6 is 24.0 Å². The molecule has 28 heavy (non-hydrogen) atoms. The Labute approximate surface area is 184 Å². The molecule has 0 bridgehead atoms. The molecule has 0 unspecified atom stereocenters. The van der Waals surface area contributed by atoms with E-state index < -0.39 is 5.91 Å². The number of carbonyl (C=O) groups excluding carboxylic acids is 2. The number of nitrogens with one attached hydrogen (secondary N) is 1. The molecule has 2 rings (SSSR count). The van der Waals surface area contributed by atoms with E-state index in [0.717, 1.165) is 5.56 Å². The van der Waals surface area contributed by atoms with Crippen LogP contribution in [0.1, 0.15) is 50.5 Å². The lowest BCUT2D eigenvalue weighted by Crippen LogP contribution is -2.66. The molecule has 1 aromatic carbocycles. The number of aliphatic imine (C=N–C) groups is 1. The van der Waals surface area contributed by atoms with Gasteiger partial charge >= 0.3 is 0 Å². The number of hydrogen-bond donors (Lipinski definition) is 2. The van der Waals surface area contributed by atoms with Crippen LogP contribution in [-0.4, -0.2) is 58.8 Å². The molecule has 1 aromatic rings.